The van der Waals surface area contributed by atoms with E-state index in [0.717, 1.165) is 18.5 Å². The average Bonchev–Trinajstić information content (AvgIpc) is 2.59. The van der Waals surface area contributed by atoms with Crippen molar-refractivity contribution < 1.29 is 4.39 Å². The van der Waals surface area contributed by atoms with Crippen LogP contribution < -0.4 is 5.73 Å². The van der Waals surface area contributed by atoms with Gasteiger partial charge in [0, 0.05) is 0 Å². The summed E-state index contributed by atoms with van der Waals surface area (Å²) >= 11 is 0. The summed E-state index contributed by atoms with van der Waals surface area (Å²) in [6.45, 7) is 2.75. The van der Waals surface area contributed by atoms with Gasteiger partial charge in [0.05, 0.1) is 0 Å². The molecule has 1 aromatic rings. The third kappa shape index (κ3) is 3.11. The fraction of sp³-hybridized carbons (Fsp3) is 0.625. The minimum atomic E-state index is -0.140. The lowest BCUT2D eigenvalue weighted by Gasteiger charge is -2.32. The Morgan fingerprint density at radius 2 is 1.83 bits per heavy atom. The molecule has 1 saturated carbocycles. The molecule has 1 aromatic carbocycles. The van der Waals surface area contributed by atoms with E-state index in [4.69, 9.17) is 5.73 Å². The Balaban J connectivity index is 2.18. The molecule has 1 aliphatic rings. The highest BCUT2D eigenvalue weighted by molar-refractivity contribution is 5.27. The molecule has 0 heterocycles. The molecule has 0 aliphatic heterocycles. The van der Waals surface area contributed by atoms with Gasteiger partial charge in [-0.1, -0.05) is 31.7 Å². The number of nitrogens with two attached hydrogens (primary N) is 1. The maximum atomic E-state index is 13.1. The maximum Gasteiger partial charge on any atom is 0.123 e. The van der Waals surface area contributed by atoms with E-state index in [9.17, 15) is 4.39 Å². The third-order valence-electron chi connectivity index (χ3n) is 4.47. The Kier molecular flexibility index (Phi) is 4.39. The fourth-order valence-electron chi connectivity index (χ4n) is 3.19. The van der Waals surface area contributed by atoms with Crippen molar-refractivity contribution in [3.8, 4) is 0 Å². The number of hydrogen-bond acceptors (Lipinski definition) is 1. The molecule has 2 heteroatoms. The Morgan fingerprint density at radius 3 is 2.39 bits per heavy atom. The fourth-order valence-corrected chi connectivity index (χ4v) is 3.19. The van der Waals surface area contributed by atoms with Crippen LogP contribution in [0.1, 0.15) is 49.7 Å². The SMILES string of the molecule is Cc1cc(F)ccc1CC1(CN)CCCCCC1. The van der Waals surface area contributed by atoms with E-state index in [-0.39, 0.29) is 11.2 Å². The first-order valence-electron chi connectivity index (χ1n) is 7.10. The third-order valence-corrected chi connectivity index (χ3v) is 4.47. The molecule has 18 heavy (non-hydrogen) atoms. The van der Waals surface area contributed by atoms with Crippen molar-refractivity contribution >= 4 is 0 Å². The largest absolute Gasteiger partial charge is 0.330 e. The molecule has 2 N–H and O–H groups in total. The Hall–Kier alpha value is -0.890. The van der Waals surface area contributed by atoms with Crippen LogP contribution in [-0.4, -0.2) is 6.54 Å². The lowest BCUT2D eigenvalue weighted by molar-refractivity contribution is 0.252. The standard InChI is InChI=1S/C16H24FN/c1-13-10-15(17)7-6-14(13)11-16(12-18)8-4-2-3-5-9-16/h6-7,10H,2-5,8-9,11-12,18H2,1H3. The summed E-state index contributed by atoms with van der Waals surface area (Å²) < 4.78 is 13.1. The zero-order valence-electron chi connectivity index (χ0n) is 11.3. The second kappa shape index (κ2) is 5.83. The van der Waals surface area contributed by atoms with Crippen LogP contribution in [0.4, 0.5) is 4.39 Å². The number of hydrogen-bond donors (Lipinski definition) is 1. The highest BCUT2D eigenvalue weighted by atomic mass is 19.1. The molecule has 0 radical (unpaired) electrons. The number of aryl methyl sites for hydroxylation is 1. The highest BCUT2D eigenvalue weighted by Crippen LogP contribution is 2.37. The quantitative estimate of drug-likeness (QED) is 0.806. The molecule has 1 fully saturated rings. The Morgan fingerprint density at radius 1 is 1.17 bits per heavy atom. The average molecular weight is 249 g/mol. The summed E-state index contributed by atoms with van der Waals surface area (Å²) in [5, 5.41) is 0. The minimum Gasteiger partial charge on any atom is -0.330 e. The predicted octanol–water partition coefficient (Wildman–Crippen LogP) is 3.98. The van der Waals surface area contributed by atoms with Crippen molar-refractivity contribution in [2.24, 2.45) is 11.1 Å². The first kappa shape index (κ1) is 13.5. The lowest BCUT2D eigenvalue weighted by atomic mass is 9.75. The van der Waals surface area contributed by atoms with E-state index < -0.39 is 0 Å². The van der Waals surface area contributed by atoms with Crippen LogP contribution in [0.5, 0.6) is 0 Å². The van der Waals surface area contributed by atoms with Gasteiger partial charge >= 0.3 is 0 Å². The van der Waals surface area contributed by atoms with Crippen molar-refractivity contribution in [2.75, 3.05) is 6.54 Å². The molecule has 100 valence electrons. The van der Waals surface area contributed by atoms with Crippen molar-refractivity contribution in [1.82, 2.24) is 0 Å². The van der Waals surface area contributed by atoms with Crippen molar-refractivity contribution in [3.63, 3.8) is 0 Å². The summed E-state index contributed by atoms with van der Waals surface area (Å²) in [5.41, 5.74) is 8.64. The van der Waals surface area contributed by atoms with Crippen LogP contribution in [0.2, 0.25) is 0 Å². The van der Waals surface area contributed by atoms with Crippen molar-refractivity contribution in [3.05, 3.63) is 35.1 Å². The highest BCUT2D eigenvalue weighted by Gasteiger charge is 2.30. The van der Waals surface area contributed by atoms with E-state index in [1.54, 1.807) is 12.1 Å². The van der Waals surface area contributed by atoms with Gasteiger partial charge in [-0.3, -0.25) is 0 Å². The summed E-state index contributed by atoms with van der Waals surface area (Å²) in [6.07, 6.45) is 8.71. The number of benzene rings is 1. The molecule has 1 aliphatic carbocycles. The second-order valence-electron chi connectivity index (χ2n) is 5.87. The van der Waals surface area contributed by atoms with Gasteiger partial charge in [0.1, 0.15) is 5.82 Å². The van der Waals surface area contributed by atoms with Gasteiger partial charge in [0.2, 0.25) is 0 Å². The van der Waals surface area contributed by atoms with Crippen molar-refractivity contribution in [2.45, 2.75) is 51.9 Å². The van der Waals surface area contributed by atoms with E-state index in [1.165, 1.54) is 44.1 Å². The summed E-state index contributed by atoms with van der Waals surface area (Å²) in [4.78, 5) is 0. The van der Waals surface area contributed by atoms with Crippen molar-refractivity contribution in [1.29, 1.82) is 0 Å². The monoisotopic (exact) mass is 249 g/mol. The molecule has 0 atom stereocenters. The van der Waals surface area contributed by atoms with Crippen LogP contribution in [0.15, 0.2) is 18.2 Å². The van der Waals surface area contributed by atoms with Gasteiger partial charge in [0.25, 0.3) is 0 Å². The molecule has 1 nitrogen and oxygen atoms in total. The zero-order valence-corrected chi connectivity index (χ0v) is 11.3. The van der Waals surface area contributed by atoms with Gasteiger partial charge in [-0.05, 0) is 61.4 Å². The molecule has 0 spiro atoms. The van der Waals surface area contributed by atoms with E-state index in [0.29, 0.717) is 0 Å². The van der Waals surface area contributed by atoms with Gasteiger partial charge in [0.15, 0.2) is 0 Å². The molecular weight excluding hydrogens is 225 g/mol. The van der Waals surface area contributed by atoms with Crippen LogP contribution in [0, 0.1) is 18.2 Å². The number of halogens is 1. The molecule has 0 aromatic heterocycles. The van der Waals surface area contributed by atoms with Gasteiger partial charge in [-0.25, -0.2) is 4.39 Å². The molecule has 0 amide bonds. The summed E-state index contributed by atoms with van der Waals surface area (Å²) in [7, 11) is 0. The van der Waals surface area contributed by atoms with Gasteiger partial charge in [-0.2, -0.15) is 0 Å². The second-order valence-corrected chi connectivity index (χ2v) is 5.87. The normalized spacial score (nSPS) is 19.5. The predicted molar refractivity (Wildman–Crippen MR) is 74.0 cm³/mol. The molecule has 0 unspecified atom stereocenters. The molecule has 2 rings (SSSR count). The van der Waals surface area contributed by atoms with E-state index in [1.807, 2.05) is 13.0 Å². The minimum absolute atomic E-state index is 0.140. The first-order chi connectivity index (χ1) is 8.65. The van der Waals surface area contributed by atoms with Crippen LogP contribution >= 0.6 is 0 Å². The Bertz CT molecular complexity index is 392. The maximum absolute atomic E-state index is 13.1. The van der Waals surface area contributed by atoms with Crippen LogP contribution in [-0.2, 0) is 6.42 Å². The van der Waals surface area contributed by atoms with E-state index >= 15 is 0 Å². The summed E-state index contributed by atoms with van der Waals surface area (Å²) in [5.74, 6) is -0.140. The van der Waals surface area contributed by atoms with E-state index in [2.05, 4.69) is 0 Å². The molecule has 0 saturated heterocycles. The van der Waals surface area contributed by atoms with Gasteiger partial charge in [-0.15, -0.1) is 0 Å². The smallest absolute Gasteiger partial charge is 0.123 e. The Labute approximate surface area is 110 Å². The van der Waals surface area contributed by atoms with Crippen LogP contribution in [0.25, 0.3) is 0 Å². The first-order valence-corrected chi connectivity index (χ1v) is 7.10. The molecular formula is C16H24FN. The number of rotatable bonds is 3. The van der Waals surface area contributed by atoms with Crippen LogP contribution in [0.3, 0.4) is 0 Å². The zero-order chi connectivity index (χ0) is 13.0. The summed E-state index contributed by atoms with van der Waals surface area (Å²) in [6, 6.07) is 5.15. The molecule has 0 bridgehead atoms. The van der Waals surface area contributed by atoms with Gasteiger partial charge < -0.3 is 5.73 Å². The topological polar surface area (TPSA) is 26.0 Å². The lowest BCUT2D eigenvalue weighted by Crippen LogP contribution is -2.32.